The number of aryl methyl sites for hydroxylation is 1. The summed E-state index contributed by atoms with van der Waals surface area (Å²) in [6, 6.07) is 4.07. The molecule has 7 heteroatoms. The molecule has 0 aromatic carbocycles. The number of H-pyrrole nitrogens is 1. The lowest BCUT2D eigenvalue weighted by Crippen LogP contribution is -2.40. The van der Waals surface area contributed by atoms with Gasteiger partial charge >= 0.3 is 0 Å². The van der Waals surface area contributed by atoms with Crippen molar-refractivity contribution in [3.63, 3.8) is 0 Å². The van der Waals surface area contributed by atoms with Gasteiger partial charge in [0.25, 0.3) is 0 Å². The van der Waals surface area contributed by atoms with E-state index in [1.165, 1.54) is 12.4 Å². The number of hydrogen-bond donors (Lipinski definition) is 1. The van der Waals surface area contributed by atoms with Gasteiger partial charge in [0.2, 0.25) is 10.0 Å². The molecular formula is C15H20N4O2S. The average molecular weight is 320 g/mol. The van der Waals surface area contributed by atoms with Crippen LogP contribution >= 0.6 is 0 Å². The van der Waals surface area contributed by atoms with Gasteiger partial charge in [0.1, 0.15) is 4.90 Å². The van der Waals surface area contributed by atoms with Crippen molar-refractivity contribution in [2.45, 2.75) is 31.1 Å². The number of aromatic nitrogens is 3. The fourth-order valence-electron chi connectivity index (χ4n) is 2.89. The molecule has 0 spiro atoms. The normalized spacial score (nSPS) is 20.1. The molecule has 1 N–H and O–H groups in total. The minimum atomic E-state index is -3.43. The van der Waals surface area contributed by atoms with E-state index >= 15 is 0 Å². The standard InChI is InChI=1S/C15H20N4O2S/c1-12-4-5-13(8-16-12)7-14-3-2-6-19(11-14)22(20,21)15-9-17-18-10-15/h4-5,8-10,14H,2-3,6-7,11H2,1H3,(H,17,18)/t14-/m1/s1. The largest absolute Gasteiger partial charge is 0.284 e. The molecule has 0 bridgehead atoms. The molecule has 22 heavy (non-hydrogen) atoms. The maximum Gasteiger partial charge on any atom is 0.246 e. The van der Waals surface area contributed by atoms with E-state index in [9.17, 15) is 8.42 Å². The lowest BCUT2D eigenvalue weighted by molar-refractivity contribution is 0.265. The second kappa shape index (κ2) is 6.18. The Labute approximate surface area is 130 Å². The first-order chi connectivity index (χ1) is 10.6. The van der Waals surface area contributed by atoms with E-state index in [0.29, 0.717) is 19.0 Å². The summed E-state index contributed by atoms with van der Waals surface area (Å²) in [7, 11) is -3.43. The zero-order chi connectivity index (χ0) is 15.6. The molecule has 3 heterocycles. The van der Waals surface area contributed by atoms with Crippen LogP contribution in [0.3, 0.4) is 0 Å². The summed E-state index contributed by atoms with van der Waals surface area (Å²) in [5.41, 5.74) is 2.16. The van der Waals surface area contributed by atoms with Gasteiger partial charge < -0.3 is 0 Å². The third-order valence-corrected chi connectivity index (χ3v) is 5.92. The van der Waals surface area contributed by atoms with Crippen molar-refractivity contribution in [1.82, 2.24) is 19.5 Å². The van der Waals surface area contributed by atoms with Crippen LogP contribution in [0, 0.1) is 12.8 Å². The quantitative estimate of drug-likeness (QED) is 0.931. The molecule has 1 fully saturated rings. The maximum absolute atomic E-state index is 12.5. The molecule has 118 valence electrons. The second-order valence-corrected chi connectivity index (χ2v) is 7.76. The molecule has 0 unspecified atom stereocenters. The van der Waals surface area contributed by atoms with Crippen molar-refractivity contribution >= 4 is 10.0 Å². The van der Waals surface area contributed by atoms with E-state index in [1.54, 1.807) is 4.31 Å². The van der Waals surface area contributed by atoms with Gasteiger partial charge in [-0.05, 0) is 43.7 Å². The predicted molar refractivity (Wildman–Crippen MR) is 82.7 cm³/mol. The Kier molecular flexibility index (Phi) is 4.26. The van der Waals surface area contributed by atoms with Crippen molar-refractivity contribution in [3.05, 3.63) is 42.0 Å². The Morgan fingerprint density at radius 2 is 2.23 bits per heavy atom. The van der Waals surface area contributed by atoms with Crippen LogP contribution < -0.4 is 0 Å². The third kappa shape index (κ3) is 3.20. The number of nitrogens with zero attached hydrogens (tertiary/aromatic N) is 3. The van der Waals surface area contributed by atoms with Crippen molar-refractivity contribution < 1.29 is 8.42 Å². The molecule has 1 aliphatic heterocycles. The van der Waals surface area contributed by atoms with Crippen LogP contribution in [0.4, 0.5) is 0 Å². The number of nitrogens with one attached hydrogen (secondary N) is 1. The van der Waals surface area contributed by atoms with Gasteiger partial charge in [0, 0.05) is 31.2 Å². The highest BCUT2D eigenvalue weighted by Crippen LogP contribution is 2.25. The summed E-state index contributed by atoms with van der Waals surface area (Å²) >= 11 is 0. The summed E-state index contributed by atoms with van der Waals surface area (Å²) in [6.07, 6.45) is 7.49. The van der Waals surface area contributed by atoms with Gasteiger partial charge in [-0.15, -0.1) is 0 Å². The van der Waals surface area contributed by atoms with Crippen LogP contribution in [0.2, 0.25) is 0 Å². The van der Waals surface area contributed by atoms with Crippen molar-refractivity contribution in [1.29, 1.82) is 0 Å². The Morgan fingerprint density at radius 1 is 1.36 bits per heavy atom. The van der Waals surface area contributed by atoms with Crippen molar-refractivity contribution in [2.75, 3.05) is 13.1 Å². The number of rotatable bonds is 4. The zero-order valence-electron chi connectivity index (χ0n) is 12.6. The monoisotopic (exact) mass is 320 g/mol. The molecule has 1 atom stereocenters. The average Bonchev–Trinajstić information content (AvgIpc) is 3.05. The SMILES string of the molecule is Cc1ccc(C[C@H]2CCCN(S(=O)(=O)c3cn[nH]c3)C2)cn1. The molecule has 1 saturated heterocycles. The highest BCUT2D eigenvalue weighted by atomic mass is 32.2. The zero-order valence-corrected chi connectivity index (χ0v) is 13.4. The lowest BCUT2D eigenvalue weighted by Gasteiger charge is -2.31. The number of hydrogen-bond acceptors (Lipinski definition) is 4. The predicted octanol–water partition coefficient (Wildman–Crippen LogP) is 1.76. The number of sulfonamides is 1. The van der Waals surface area contributed by atoms with Crippen LogP contribution in [-0.2, 0) is 16.4 Å². The topological polar surface area (TPSA) is 79.0 Å². The first-order valence-electron chi connectivity index (χ1n) is 7.46. The van der Waals surface area contributed by atoms with Gasteiger partial charge in [-0.3, -0.25) is 10.1 Å². The summed E-state index contributed by atoms with van der Waals surface area (Å²) in [5.74, 6) is 0.333. The molecule has 0 amide bonds. The molecular weight excluding hydrogens is 300 g/mol. The van der Waals surface area contributed by atoms with Gasteiger partial charge in [-0.2, -0.15) is 9.40 Å². The van der Waals surface area contributed by atoms with Crippen LogP contribution in [0.1, 0.15) is 24.1 Å². The van der Waals surface area contributed by atoms with E-state index in [1.807, 2.05) is 19.2 Å². The number of piperidine rings is 1. The smallest absolute Gasteiger partial charge is 0.246 e. The fourth-order valence-corrected chi connectivity index (χ4v) is 4.36. The van der Waals surface area contributed by atoms with Gasteiger partial charge in [0.15, 0.2) is 0 Å². The Morgan fingerprint density at radius 3 is 2.91 bits per heavy atom. The van der Waals surface area contributed by atoms with Gasteiger partial charge in [-0.1, -0.05) is 6.07 Å². The minimum Gasteiger partial charge on any atom is -0.284 e. The molecule has 6 nitrogen and oxygen atoms in total. The lowest BCUT2D eigenvalue weighted by atomic mass is 9.93. The van der Waals surface area contributed by atoms with Crippen molar-refractivity contribution in [2.24, 2.45) is 5.92 Å². The second-order valence-electron chi connectivity index (χ2n) is 5.82. The van der Waals surface area contributed by atoms with E-state index in [-0.39, 0.29) is 4.90 Å². The molecule has 0 aliphatic carbocycles. The van der Waals surface area contributed by atoms with Gasteiger partial charge in [-0.25, -0.2) is 8.42 Å². The molecule has 2 aromatic rings. The highest BCUT2D eigenvalue weighted by molar-refractivity contribution is 7.89. The Bertz CT molecular complexity index is 711. The first kappa shape index (κ1) is 15.2. The van der Waals surface area contributed by atoms with Crippen LogP contribution in [-0.4, -0.2) is 41.0 Å². The van der Waals surface area contributed by atoms with E-state index < -0.39 is 10.0 Å². The Balaban J connectivity index is 1.70. The molecule has 0 radical (unpaired) electrons. The third-order valence-electron chi connectivity index (χ3n) is 4.09. The van der Waals surface area contributed by atoms with E-state index in [4.69, 9.17) is 0 Å². The minimum absolute atomic E-state index is 0.241. The van der Waals surface area contributed by atoms with E-state index in [2.05, 4.69) is 21.2 Å². The van der Waals surface area contributed by atoms with E-state index in [0.717, 1.165) is 30.5 Å². The van der Waals surface area contributed by atoms with Crippen molar-refractivity contribution in [3.8, 4) is 0 Å². The molecule has 2 aromatic heterocycles. The van der Waals surface area contributed by atoms with Crippen LogP contribution in [0.15, 0.2) is 35.6 Å². The summed E-state index contributed by atoms with van der Waals surface area (Å²) < 4.78 is 26.7. The summed E-state index contributed by atoms with van der Waals surface area (Å²) in [4.78, 5) is 4.55. The summed E-state index contributed by atoms with van der Waals surface area (Å²) in [6.45, 7) is 3.10. The molecule has 1 aliphatic rings. The van der Waals surface area contributed by atoms with Crippen LogP contribution in [0.25, 0.3) is 0 Å². The number of pyridine rings is 1. The molecule has 0 saturated carbocycles. The molecule has 3 rings (SSSR count). The van der Waals surface area contributed by atoms with Gasteiger partial charge in [0.05, 0.1) is 6.20 Å². The maximum atomic E-state index is 12.5. The number of aromatic amines is 1. The Hall–Kier alpha value is -1.73. The highest BCUT2D eigenvalue weighted by Gasteiger charge is 2.30. The summed E-state index contributed by atoms with van der Waals surface area (Å²) in [5, 5.41) is 6.31. The first-order valence-corrected chi connectivity index (χ1v) is 8.90. The fraction of sp³-hybridized carbons (Fsp3) is 0.467. The van der Waals surface area contributed by atoms with Crippen LogP contribution in [0.5, 0.6) is 0 Å².